The molecule has 1 aliphatic carbocycles. The van der Waals surface area contributed by atoms with E-state index in [1.165, 1.54) is 18.9 Å². The van der Waals surface area contributed by atoms with E-state index in [-0.39, 0.29) is 11.5 Å². The predicted octanol–water partition coefficient (Wildman–Crippen LogP) is 0.806. The minimum atomic E-state index is -0.0723. The first kappa shape index (κ1) is 12.8. The molecule has 0 unspecified atom stereocenters. The van der Waals surface area contributed by atoms with Crippen LogP contribution in [-0.2, 0) is 11.3 Å². The molecule has 1 amide bonds. The third-order valence-corrected chi connectivity index (χ3v) is 3.02. The summed E-state index contributed by atoms with van der Waals surface area (Å²) in [6, 6.07) is 3.10. The number of pyridine rings is 1. The number of nitrogens with one attached hydrogen (secondary N) is 2. The van der Waals surface area contributed by atoms with Crippen LogP contribution >= 0.6 is 0 Å². The van der Waals surface area contributed by atoms with Crippen molar-refractivity contribution in [2.75, 3.05) is 18.4 Å². The molecule has 0 atom stereocenters. The first-order chi connectivity index (χ1) is 8.69. The number of hydrogen-bond donors (Lipinski definition) is 2. The molecule has 1 saturated carbocycles. The van der Waals surface area contributed by atoms with Gasteiger partial charge >= 0.3 is 0 Å². The van der Waals surface area contributed by atoms with E-state index in [1.807, 2.05) is 6.92 Å². The van der Waals surface area contributed by atoms with Crippen molar-refractivity contribution in [3.05, 3.63) is 28.7 Å². The molecular formula is C13H19N3O2. The SMILES string of the molecule is CCn1cc(NC(=O)CNCC2CC2)ccc1=O. The van der Waals surface area contributed by atoms with Crippen LogP contribution in [0.1, 0.15) is 19.8 Å². The zero-order valence-corrected chi connectivity index (χ0v) is 10.6. The van der Waals surface area contributed by atoms with Crippen molar-refractivity contribution in [3.8, 4) is 0 Å². The largest absolute Gasteiger partial charge is 0.324 e. The van der Waals surface area contributed by atoms with Gasteiger partial charge in [0.1, 0.15) is 0 Å². The van der Waals surface area contributed by atoms with Crippen molar-refractivity contribution in [3.63, 3.8) is 0 Å². The molecule has 1 heterocycles. The Labute approximate surface area is 106 Å². The molecule has 0 aliphatic heterocycles. The Balaban J connectivity index is 1.83. The number of carbonyl (C=O) groups excluding carboxylic acids is 1. The van der Waals surface area contributed by atoms with E-state index in [0.29, 0.717) is 18.8 Å². The summed E-state index contributed by atoms with van der Waals surface area (Å²) in [7, 11) is 0. The number of aryl methyl sites for hydroxylation is 1. The maximum Gasteiger partial charge on any atom is 0.250 e. The second kappa shape index (κ2) is 5.82. The first-order valence-electron chi connectivity index (χ1n) is 6.40. The molecule has 2 rings (SSSR count). The van der Waals surface area contributed by atoms with Gasteiger partial charge in [-0.2, -0.15) is 0 Å². The highest BCUT2D eigenvalue weighted by atomic mass is 16.2. The number of nitrogens with zero attached hydrogens (tertiary/aromatic N) is 1. The Morgan fingerprint density at radius 1 is 1.44 bits per heavy atom. The van der Waals surface area contributed by atoms with Crippen LogP contribution in [0.25, 0.3) is 0 Å². The number of amides is 1. The molecule has 1 aliphatic rings. The van der Waals surface area contributed by atoms with Gasteiger partial charge in [0.2, 0.25) is 5.91 Å². The molecule has 5 nitrogen and oxygen atoms in total. The molecule has 98 valence electrons. The zero-order chi connectivity index (χ0) is 13.0. The van der Waals surface area contributed by atoms with Crippen molar-refractivity contribution < 1.29 is 4.79 Å². The van der Waals surface area contributed by atoms with E-state index in [4.69, 9.17) is 0 Å². The van der Waals surface area contributed by atoms with Crippen molar-refractivity contribution in [2.45, 2.75) is 26.3 Å². The topological polar surface area (TPSA) is 63.1 Å². The van der Waals surface area contributed by atoms with Crippen molar-refractivity contribution in [1.29, 1.82) is 0 Å². The number of anilines is 1. The molecule has 18 heavy (non-hydrogen) atoms. The molecule has 0 radical (unpaired) electrons. The van der Waals surface area contributed by atoms with Gasteiger partial charge in [0, 0.05) is 18.8 Å². The molecule has 0 saturated heterocycles. The first-order valence-corrected chi connectivity index (χ1v) is 6.40. The molecule has 5 heteroatoms. The van der Waals surface area contributed by atoms with Gasteiger partial charge in [-0.05, 0) is 38.3 Å². The Kier molecular flexibility index (Phi) is 4.15. The lowest BCUT2D eigenvalue weighted by Gasteiger charge is -2.08. The Morgan fingerprint density at radius 2 is 2.22 bits per heavy atom. The normalized spacial score (nSPS) is 14.5. The highest BCUT2D eigenvalue weighted by Crippen LogP contribution is 2.27. The second-order valence-corrected chi connectivity index (χ2v) is 4.66. The maximum absolute atomic E-state index is 11.6. The van der Waals surface area contributed by atoms with Gasteiger partial charge in [-0.15, -0.1) is 0 Å². The summed E-state index contributed by atoms with van der Waals surface area (Å²) >= 11 is 0. The van der Waals surface area contributed by atoms with Gasteiger partial charge in [0.25, 0.3) is 5.56 Å². The maximum atomic E-state index is 11.6. The van der Waals surface area contributed by atoms with Gasteiger partial charge in [0.15, 0.2) is 0 Å². The summed E-state index contributed by atoms with van der Waals surface area (Å²) in [5.41, 5.74) is 0.608. The lowest BCUT2D eigenvalue weighted by Crippen LogP contribution is -2.30. The molecule has 0 aromatic carbocycles. The third-order valence-electron chi connectivity index (χ3n) is 3.02. The highest BCUT2D eigenvalue weighted by molar-refractivity contribution is 5.92. The summed E-state index contributed by atoms with van der Waals surface area (Å²) in [6.45, 7) is 3.73. The smallest absolute Gasteiger partial charge is 0.250 e. The standard InChI is InChI=1S/C13H19N3O2/c1-2-16-9-11(5-6-13(16)18)15-12(17)8-14-7-10-3-4-10/h5-6,9-10,14H,2-4,7-8H2,1H3,(H,15,17). The molecule has 0 bridgehead atoms. The molecule has 0 spiro atoms. The minimum absolute atomic E-state index is 0.0534. The van der Waals surface area contributed by atoms with Gasteiger partial charge in [-0.25, -0.2) is 0 Å². The Morgan fingerprint density at radius 3 is 2.89 bits per heavy atom. The second-order valence-electron chi connectivity index (χ2n) is 4.66. The van der Waals surface area contributed by atoms with Gasteiger partial charge in [-0.3, -0.25) is 9.59 Å². The van der Waals surface area contributed by atoms with Crippen LogP contribution in [0, 0.1) is 5.92 Å². The molecule has 1 fully saturated rings. The fourth-order valence-electron chi connectivity index (χ4n) is 1.77. The van der Waals surface area contributed by atoms with E-state index in [0.717, 1.165) is 12.5 Å². The van der Waals surface area contributed by atoms with Crippen LogP contribution < -0.4 is 16.2 Å². The summed E-state index contributed by atoms with van der Waals surface area (Å²) in [5.74, 6) is 0.691. The van der Waals surface area contributed by atoms with Crippen LogP contribution in [0.2, 0.25) is 0 Å². The summed E-state index contributed by atoms with van der Waals surface area (Å²) in [6.07, 6.45) is 4.22. The summed E-state index contributed by atoms with van der Waals surface area (Å²) < 4.78 is 1.56. The van der Waals surface area contributed by atoms with E-state index < -0.39 is 0 Å². The van der Waals surface area contributed by atoms with Crippen LogP contribution in [0.15, 0.2) is 23.1 Å². The van der Waals surface area contributed by atoms with Crippen LogP contribution in [-0.4, -0.2) is 23.6 Å². The van der Waals surface area contributed by atoms with Crippen molar-refractivity contribution in [1.82, 2.24) is 9.88 Å². The molecule has 1 aromatic heterocycles. The number of carbonyl (C=O) groups is 1. The lowest BCUT2D eigenvalue weighted by atomic mass is 10.3. The number of rotatable bonds is 6. The summed E-state index contributed by atoms with van der Waals surface area (Å²) in [5, 5.41) is 5.90. The van der Waals surface area contributed by atoms with Crippen LogP contribution in [0.3, 0.4) is 0 Å². The molecule has 2 N–H and O–H groups in total. The van der Waals surface area contributed by atoms with Gasteiger partial charge in [-0.1, -0.05) is 0 Å². The average Bonchev–Trinajstić information content (AvgIpc) is 3.15. The molecule has 1 aromatic rings. The minimum Gasteiger partial charge on any atom is -0.324 e. The third kappa shape index (κ3) is 3.70. The van der Waals surface area contributed by atoms with Gasteiger partial charge in [0.05, 0.1) is 12.2 Å². The van der Waals surface area contributed by atoms with Crippen LogP contribution in [0.4, 0.5) is 5.69 Å². The molecular weight excluding hydrogens is 230 g/mol. The van der Waals surface area contributed by atoms with E-state index in [9.17, 15) is 9.59 Å². The fourth-order valence-corrected chi connectivity index (χ4v) is 1.77. The number of hydrogen-bond acceptors (Lipinski definition) is 3. The Hall–Kier alpha value is -1.62. The summed E-state index contributed by atoms with van der Waals surface area (Å²) in [4.78, 5) is 23.0. The van der Waals surface area contributed by atoms with E-state index >= 15 is 0 Å². The van der Waals surface area contributed by atoms with E-state index in [2.05, 4.69) is 10.6 Å². The predicted molar refractivity (Wildman–Crippen MR) is 70.6 cm³/mol. The van der Waals surface area contributed by atoms with Crippen molar-refractivity contribution in [2.24, 2.45) is 5.92 Å². The number of aromatic nitrogens is 1. The monoisotopic (exact) mass is 249 g/mol. The fraction of sp³-hybridized carbons (Fsp3) is 0.538. The van der Waals surface area contributed by atoms with Gasteiger partial charge < -0.3 is 15.2 Å². The lowest BCUT2D eigenvalue weighted by molar-refractivity contribution is -0.115. The average molecular weight is 249 g/mol. The zero-order valence-electron chi connectivity index (χ0n) is 10.6. The highest BCUT2D eigenvalue weighted by Gasteiger charge is 2.20. The quantitative estimate of drug-likeness (QED) is 0.784. The van der Waals surface area contributed by atoms with Crippen LogP contribution in [0.5, 0.6) is 0 Å². The van der Waals surface area contributed by atoms with Crippen molar-refractivity contribution >= 4 is 11.6 Å². The Bertz CT molecular complexity index is 477. The van der Waals surface area contributed by atoms with E-state index in [1.54, 1.807) is 16.8 Å².